The monoisotopic (exact) mass is 808 g/mol. The molecule has 2 aliphatic heterocycles. The highest BCUT2D eigenvalue weighted by atomic mass is 16.5. The number of methoxy groups -OCH3 is 2. The van der Waals surface area contributed by atoms with Gasteiger partial charge in [0.05, 0.1) is 50.1 Å². The Hall–Kier alpha value is -6.96. The van der Waals surface area contributed by atoms with Gasteiger partial charge in [0.15, 0.2) is 0 Å². The first-order valence-corrected chi connectivity index (χ1v) is 20.3. The molecule has 4 N–H and O–H groups in total. The van der Waals surface area contributed by atoms with Crippen molar-refractivity contribution in [1.82, 2.24) is 40.4 Å². The molecule has 2 saturated heterocycles. The van der Waals surface area contributed by atoms with Crippen molar-refractivity contribution < 1.29 is 28.7 Å². The Bertz CT molecular complexity index is 2480. The van der Waals surface area contributed by atoms with Crippen LogP contribution in [0.4, 0.5) is 9.59 Å². The summed E-state index contributed by atoms with van der Waals surface area (Å²) in [5.74, 6) is 1.13. The van der Waals surface area contributed by atoms with Crippen LogP contribution in [0, 0.1) is 0 Å². The van der Waals surface area contributed by atoms with Gasteiger partial charge >= 0.3 is 12.2 Å². The van der Waals surface area contributed by atoms with Crippen LogP contribution in [0.25, 0.3) is 44.4 Å². The quantitative estimate of drug-likeness (QED) is 0.0995. The first-order chi connectivity index (χ1) is 29.3. The van der Waals surface area contributed by atoms with Crippen molar-refractivity contribution in [3.63, 3.8) is 0 Å². The number of benzene rings is 4. The van der Waals surface area contributed by atoms with Crippen LogP contribution in [-0.2, 0) is 25.5 Å². The SMILES string of the molecule is COC(=O)NCC(=O)N1CCC[C@H]1c1ncc(-c2ccc3cc(-c4ccc(-c5cnc([C@@H]6CCCN6C(=O)[C@@H](CCc6ccccc6)NC(=O)OC)[nH]5)cc4)ccc3c2)[nH]1. The minimum Gasteiger partial charge on any atom is -0.453 e. The molecule has 0 spiro atoms. The fourth-order valence-corrected chi connectivity index (χ4v) is 8.34. The number of hydrogen-bond acceptors (Lipinski definition) is 8. The summed E-state index contributed by atoms with van der Waals surface area (Å²) in [7, 11) is 2.57. The number of nitrogens with one attached hydrogen (secondary N) is 4. The van der Waals surface area contributed by atoms with Crippen LogP contribution >= 0.6 is 0 Å². The number of likely N-dealkylation sites (tertiary alicyclic amines) is 2. The van der Waals surface area contributed by atoms with Crippen LogP contribution in [0.5, 0.6) is 0 Å². The van der Waals surface area contributed by atoms with Gasteiger partial charge in [-0.3, -0.25) is 9.59 Å². The Morgan fingerprint density at radius 1 is 0.700 bits per heavy atom. The first kappa shape index (κ1) is 39.8. The predicted octanol–water partition coefficient (Wildman–Crippen LogP) is 7.33. The van der Waals surface area contributed by atoms with Crippen molar-refractivity contribution in [2.45, 2.75) is 56.7 Å². The molecule has 60 heavy (non-hydrogen) atoms. The van der Waals surface area contributed by atoms with Crippen molar-refractivity contribution in [2.24, 2.45) is 0 Å². The molecule has 308 valence electrons. The third-order valence-corrected chi connectivity index (χ3v) is 11.5. The van der Waals surface area contributed by atoms with Crippen LogP contribution in [-0.4, -0.2) is 93.6 Å². The number of rotatable bonds is 12. The van der Waals surface area contributed by atoms with Crippen LogP contribution in [0.1, 0.15) is 61.4 Å². The number of imidazole rings is 2. The lowest BCUT2D eigenvalue weighted by Crippen LogP contribution is -2.48. The van der Waals surface area contributed by atoms with Gasteiger partial charge in [-0.25, -0.2) is 19.6 Å². The Balaban J connectivity index is 0.921. The molecule has 4 amide bonds. The molecule has 0 bridgehead atoms. The number of hydrogen-bond donors (Lipinski definition) is 4. The lowest BCUT2D eigenvalue weighted by atomic mass is 9.98. The highest BCUT2D eigenvalue weighted by molar-refractivity contribution is 5.91. The van der Waals surface area contributed by atoms with Crippen molar-refractivity contribution in [1.29, 1.82) is 0 Å². The molecular weight excluding hydrogens is 761 g/mol. The standard InChI is InChI=1S/C46H48N8O6/c1-59-45(57)49-28-41(55)53-22-6-10-39(53)42-48-27-38(51-42)35-20-19-33-24-32(17-18-34(33)25-35)30-13-15-31(16-14-30)37-26-47-43(50-37)40-11-7-23-54(40)44(56)36(52-46(58)60-2)21-12-29-8-4-3-5-9-29/h3-5,8-9,13-20,24-27,36,39-40H,6-7,10-12,21-23,28H2,1-2H3,(H,47,50)(H,48,51)(H,49,57)(H,52,58)/t36-,39+,40+/m1/s1. The molecular formula is C46H48N8O6. The maximum atomic E-state index is 13.9. The number of ether oxygens (including phenoxy) is 2. The second kappa shape index (κ2) is 17.9. The van der Waals surface area contributed by atoms with Gasteiger partial charge in [0, 0.05) is 18.7 Å². The second-order valence-corrected chi connectivity index (χ2v) is 15.2. The van der Waals surface area contributed by atoms with Gasteiger partial charge in [0.1, 0.15) is 24.2 Å². The van der Waals surface area contributed by atoms with E-state index < -0.39 is 18.2 Å². The topological polar surface area (TPSA) is 175 Å². The van der Waals surface area contributed by atoms with E-state index in [2.05, 4.69) is 91.0 Å². The number of aromatic nitrogens is 4. The second-order valence-electron chi connectivity index (χ2n) is 15.2. The number of carbonyl (C=O) groups is 4. The molecule has 2 aliphatic rings. The van der Waals surface area contributed by atoms with E-state index in [1.165, 1.54) is 14.2 Å². The molecule has 2 fully saturated rings. The average molecular weight is 809 g/mol. The number of fused-ring (bicyclic) bond motifs is 1. The summed E-state index contributed by atoms with van der Waals surface area (Å²) in [5.41, 5.74) is 6.96. The molecule has 2 aromatic heterocycles. The van der Waals surface area contributed by atoms with Crippen LogP contribution in [0.3, 0.4) is 0 Å². The highest BCUT2D eigenvalue weighted by Crippen LogP contribution is 2.35. The van der Waals surface area contributed by atoms with E-state index in [-0.39, 0.29) is 30.4 Å². The number of nitrogens with zero attached hydrogens (tertiary/aromatic N) is 4. The molecule has 8 rings (SSSR count). The van der Waals surface area contributed by atoms with E-state index in [1.807, 2.05) is 41.4 Å². The number of alkyl carbamates (subject to hydrolysis) is 2. The van der Waals surface area contributed by atoms with Crippen LogP contribution < -0.4 is 10.6 Å². The zero-order valence-corrected chi connectivity index (χ0v) is 33.6. The van der Waals surface area contributed by atoms with E-state index in [4.69, 9.17) is 9.72 Å². The van der Waals surface area contributed by atoms with Gasteiger partial charge in [0.2, 0.25) is 11.8 Å². The molecule has 6 aromatic rings. The molecule has 14 nitrogen and oxygen atoms in total. The fraction of sp³-hybridized carbons (Fsp3) is 0.304. The molecule has 14 heteroatoms. The minimum absolute atomic E-state index is 0.125. The van der Waals surface area contributed by atoms with E-state index in [1.54, 1.807) is 11.1 Å². The highest BCUT2D eigenvalue weighted by Gasteiger charge is 2.36. The third-order valence-electron chi connectivity index (χ3n) is 11.5. The first-order valence-electron chi connectivity index (χ1n) is 20.3. The number of aromatic amines is 2. The van der Waals surface area contributed by atoms with E-state index in [0.29, 0.717) is 25.9 Å². The minimum atomic E-state index is -0.722. The summed E-state index contributed by atoms with van der Waals surface area (Å²) in [5, 5.41) is 7.43. The summed E-state index contributed by atoms with van der Waals surface area (Å²) in [4.78, 5) is 70.4. The molecule has 4 heterocycles. The molecule has 0 radical (unpaired) electrons. The fourth-order valence-electron chi connectivity index (χ4n) is 8.34. The smallest absolute Gasteiger partial charge is 0.407 e. The van der Waals surface area contributed by atoms with E-state index in [9.17, 15) is 19.2 Å². The molecule has 3 atom stereocenters. The molecule has 0 aliphatic carbocycles. The number of H-pyrrole nitrogens is 2. The summed E-state index contributed by atoms with van der Waals surface area (Å²) < 4.78 is 9.45. The predicted molar refractivity (Wildman–Crippen MR) is 226 cm³/mol. The Labute approximate surface area is 347 Å². The molecule has 4 aromatic carbocycles. The maximum absolute atomic E-state index is 13.9. The summed E-state index contributed by atoms with van der Waals surface area (Å²) in [6, 6.07) is 29.8. The number of aryl methyl sites for hydroxylation is 1. The zero-order chi connectivity index (χ0) is 41.6. The molecule has 0 unspecified atom stereocenters. The lowest BCUT2D eigenvalue weighted by molar-refractivity contribution is -0.134. The summed E-state index contributed by atoms with van der Waals surface area (Å²) >= 11 is 0. The van der Waals surface area contributed by atoms with Crippen LogP contribution in [0.15, 0.2) is 103 Å². The lowest BCUT2D eigenvalue weighted by Gasteiger charge is -2.28. The van der Waals surface area contributed by atoms with Gasteiger partial charge in [-0.2, -0.15) is 0 Å². The Morgan fingerprint density at radius 3 is 1.93 bits per heavy atom. The summed E-state index contributed by atoms with van der Waals surface area (Å²) in [6.07, 6.45) is 6.70. The van der Waals surface area contributed by atoms with Crippen molar-refractivity contribution >= 4 is 34.8 Å². The van der Waals surface area contributed by atoms with Crippen molar-refractivity contribution in [3.05, 3.63) is 121 Å². The normalized spacial score (nSPS) is 16.8. The van der Waals surface area contributed by atoms with E-state index >= 15 is 0 Å². The van der Waals surface area contributed by atoms with Gasteiger partial charge in [0.25, 0.3) is 0 Å². The van der Waals surface area contributed by atoms with Gasteiger partial charge in [-0.05, 0) is 83.7 Å². The van der Waals surface area contributed by atoms with Gasteiger partial charge < -0.3 is 39.9 Å². The third kappa shape index (κ3) is 8.72. The van der Waals surface area contributed by atoms with Gasteiger partial charge in [-0.1, -0.05) is 78.9 Å². The van der Waals surface area contributed by atoms with E-state index in [0.717, 1.165) is 87.3 Å². The largest absolute Gasteiger partial charge is 0.453 e. The van der Waals surface area contributed by atoms with Crippen molar-refractivity contribution in [3.8, 4) is 33.6 Å². The Morgan fingerprint density at radius 2 is 1.27 bits per heavy atom. The zero-order valence-electron chi connectivity index (χ0n) is 33.6. The summed E-state index contributed by atoms with van der Waals surface area (Å²) in [6.45, 7) is 1.06. The Kier molecular flexibility index (Phi) is 11.9. The molecule has 0 saturated carbocycles. The van der Waals surface area contributed by atoms with Crippen LogP contribution in [0.2, 0.25) is 0 Å². The average Bonchev–Trinajstić information content (AvgIpc) is 4.14. The van der Waals surface area contributed by atoms with Crippen molar-refractivity contribution in [2.75, 3.05) is 33.9 Å². The number of amides is 4. The number of carbonyl (C=O) groups excluding carboxylic acids is 4. The van der Waals surface area contributed by atoms with Gasteiger partial charge in [-0.15, -0.1) is 0 Å². The maximum Gasteiger partial charge on any atom is 0.407 e.